The minimum atomic E-state index is -4.92. The fourth-order valence-electron chi connectivity index (χ4n) is 4.76. The summed E-state index contributed by atoms with van der Waals surface area (Å²) in [5.74, 6) is 0. The maximum atomic E-state index is 13.5. The molecule has 0 saturated carbocycles. The highest BCUT2D eigenvalue weighted by Gasteiger charge is 2.37. The number of rotatable bonds is 3. The molecule has 8 heteroatoms. The summed E-state index contributed by atoms with van der Waals surface area (Å²) in [4.78, 5) is 4.15. The Balaban J connectivity index is 1.52. The van der Waals surface area contributed by atoms with Gasteiger partial charge in [-0.05, 0) is 57.6 Å². The summed E-state index contributed by atoms with van der Waals surface area (Å²) in [5.41, 5.74) is 1.38. The fourth-order valence-corrected chi connectivity index (χ4v) is 6.13. The monoisotopic (exact) mass is 549 g/mol. The van der Waals surface area contributed by atoms with Gasteiger partial charge in [0.15, 0.2) is 0 Å². The molecular weight excluding hydrogens is 532 g/mol. The Kier molecular flexibility index (Phi) is 5.95. The van der Waals surface area contributed by atoms with E-state index in [1.807, 2.05) is 60.7 Å². The highest BCUT2D eigenvalue weighted by molar-refractivity contribution is 7.26. The number of halogens is 6. The maximum absolute atomic E-state index is 13.5. The van der Waals surface area contributed by atoms with Gasteiger partial charge in [-0.2, -0.15) is 26.3 Å². The van der Waals surface area contributed by atoms with Crippen molar-refractivity contribution in [1.82, 2.24) is 4.98 Å². The molecule has 0 saturated heterocycles. The van der Waals surface area contributed by atoms with Crippen molar-refractivity contribution in [1.29, 1.82) is 0 Å². The van der Waals surface area contributed by atoms with Crippen LogP contribution in [-0.2, 0) is 12.4 Å². The molecule has 0 radical (unpaired) electrons. The summed E-state index contributed by atoms with van der Waals surface area (Å²) in [5, 5.41) is 1.65. The minimum absolute atomic E-state index is 0.128. The van der Waals surface area contributed by atoms with Crippen molar-refractivity contribution in [2.45, 2.75) is 12.4 Å². The van der Waals surface area contributed by atoms with Crippen molar-refractivity contribution in [2.24, 2.45) is 0 Å². The van der Waals surface area contributed by atoms with Crippen LogP contribution in [0.25, 0.3) is 53.6 Å². The standard InChI is InChI=1S/C31H17F6NS/c32-30(33,34)22-14-21(15-23(16-22)31(35,36)37)25-6-2-8-27-26-7-1-5-24(28(26)39-29(25)27)19-11-9-18(10-12-19)20-4-3-13-38-17-20/h1-17H. The summed E-state index contributed by atoms with van der Waals surface area (Å²) in [7, 11) is 0. The first kappa shape index (κ1) is 25.1. The van der Waals surface area contributed by atoms with Gasteiger partial charge in [-0.25, -0.2) is 0 Å². The minimum Gasteiger partial charge on any atom is -0.264 e. The van der Waals surface area contributed by atoms with Gasteiger partial charge in [0.1, 0.15) is 0 Å². The predicted molar refractivity (Wildman–Crippen MR) is 143 cm³/mol. The average Bonchev–Trinajstić information content (AvgIpc) is 3.31. The second-order valence-corrected chi connectivity index (χ2v) is 10.1. The van der Waals surface area contributed by atoms with Gasteiger partial charge >= 0.3 is 12.4 Å². The molecular formula is C31H17F6NS. The lowest BCUT2D eigenvalue weighted by molar-refractivity contribution is -0.143. The van der Waals surface area contributed by atoms with Crippen LogP contribution in [0, 0.1) is 0 Å². The van der Waals surface area contributed by atoms with Crippen molar-refractivity contribution < 1.29 is 26.3 Å². The number of hydrogen-bond acceptors (Lipinski definition) is 2. The summed E-state index contributed by atoms with van der Waals surface area (Å²) in [6.07, 6.45) is -6.35. The van der Waals surface area contributed by atoms with Gasteiger partial charge in [0.05, 0.1) is 11.1 Å². The molecule has 2 aromatic heterocycles. The van der Waals surface area contributed by atoms with Crippen LogP contribution in [0.5, 0.6) is 0 Å². The van der Waals surface area contributed by atoms with Crippen LogP contribution in [-0.4, -0.2) is 4.98 Å². The van der Waals surface area contributed by atoms with Crippen LogP contribution >= 0.6 is 11.3 Å². The number of aromatic nitrogens is 1. The summed E-state index contributed by atoms with van der Waals surface area (Å²) >= 11 is 1.36. The van der Waals surface area contributed by atoms with Crippen LogP contribution in [0.15, 0.2) is 103 Å². The Bertz CT molecular complexity index is 1790. The molecule has 1 nitrogen and oxygen atoms in total. The largest absolute Gasteiger partial charge is 0.416 e. The van der Waals surface area contributed by atoms with Crippen LogP contribution in [0.3, 0.4) is 0 Å². The van der Waals surface area contributed by atoms with Crippen molar-refractivity contribution in [3.63, 3.8) is 0 Å². The Hall–Kier alpha value is -4.17. The molecule has 2 heterocycles. The van der Waals surface area contributed by atoms with E-state index < -0.39 is 23.5 Å². The average molecular weight is 550 g/mol. The number of nitrogens with zero attached hydrogens (tertiary/aromatic N) is 1. The molecule has 0 aliphatic heterocycles. The van der Waals surface area contributed by atoms with E-state index in [1.54, 1.807) is 24.5 Å². The zero-order valence-corrected chi connectivity index (χ0v) is 20.8. The van der Waals surface area contributed by atoms with E-state index in [2.05, 4.69) is 4.98 Å². The van der Waals surface area contributed by atoms with Crippen molar-refractivity contribution >= 4 is 31.5 Å². The van der Waals surface area contributed by atoms with Crippen LogP contribution in [0.4, 0.5) is 26.3 Å². The van der Waals surface area contributed by atoms with E-state index in [1.165, 1.54) is 11.3 Å². The first-order valence-electron chi connectivity index (χ1n) is 11.8. The lowest BCUT2D eigenvalue weighted by atomic mass is 9.97. The van der Waals surface area contributed by atoms with Gasteiger partial charge < -0.3 is 0 Å². The second kappa shape index (κ2) is 9.24. The van der Waals surface area contributed by atoms with Crippen molar-refractivity contribution in [3.8, 4) is 33.4 Å². The summed E-state index contributed by atoms with van der Waals surface area (Å²) in [6, 6.07) is 24.4. The van der Waals surface area contributed by atoms with Crippen LogP contribution in [0.1, 0.15) is 11.1 Å². The Morgan fingerprint density at radius 2 is 1.05 bits per heavy atom. The number of alkyl halides is 6. The normalized spacial score (nSPS) is 12.4. The zero-order chi connectivity index (χ0) is 27.4. The van der Waals surface area contributed by atoms with Crippen LogP contribution in [0.2, 0.25) is 0 Å². The molecule has 0 spiro atoms. The molecule has 0 bridgehead atoms. The predicted octanol–water partition coefficient (Wildman–Crippen LogP) is 10.5. The van der Waals surface area contributed by atoms with Gasteiger partial charge in [0, 0.05) is 32.6 Å². The fraction of sp³-hybridized carbons (Fsp3) is 0.0645. The van der Waals surface area contributed by atoms with Crippen molar-refractivity contribution in [2.75, 3.05) is 0 Å². The number of benzene rings is 4. The number of fused-ring (bicyclic) bond motifs is 3. The first-order valence-corrected chi connectivity index (χ1v) is 12.7. The highest BCUT2D eigenvalue weighted by atomic mass is 32.1. The Morgan fingerprint density at radius 1 is 0.513 bits per heavy atom. The van der Waals surface area contributed by atoms with Gasteiger partial charge in [-0.3, -0.25) is 4.98 Å². The topological polar surface area (TPSA) is 12.9 Å². The van der Waals surface area contributed by atoms with E-state index in [-0.39, 0.29) is 11.6 Å². The molecule has 0 aliphatic rings. The summed E-state index contributed by atoms with van der Waals surface area (Å²) < 4.78 is 82.8. The van der Waals surface area contributed by atoms with E-state index in [0.717, 1.165) is 49.9 Å². The van der Waals surface area contributed by atoms with Crippen molar-refractivity contribution in [3.05, 3.63) is 115 Å². The molecule has 0 fully saturated rings. The van der Waals surface area contributed by atoms with E-state index in [0.29, 0.717) is 10.3 Å². The smallest absolute Gasteiger partial charge is 0.264 e. The highest BCUT2D eigenvalue weighted by Crippen LogP contribution is 2.45. The van der Waals surface area contributed by atoms with Gasteiger partial charge in [-0.15, -0.1) is 11.3 Å². The lowest BCUT2D eigenvalue weighted by Gasteiger charge is -2.14. The van der Waals surface area contributed by atoms with E-state index in [9.17, 15) is 26.3 Å². The van der Waals surface area contributed by atoms with Gasteiger partial charge in [0.25, 0.3) is 0 Å². The van der Waals surface area contributed by atoms with Gasteiger partial charge in [-0.1, -0.05) is 66.7 Å². The van der Waals surface area contributed by atoms with E-state index in [4.69, 9.17) is 0 Å². The maximum Gasteiger partial charge on any atom is 0.416 e. The Morgan fingerprint density at radius 3 is 1.56 bits per heavy atom. The third-order valence-corrected chi connectivity index (χ3v) is 7.90. The molecule has 194 valence electrons. The summed E-state index contributed by atoms with van der Waals surface area (Å²) in [6.45, 7) is 0. The number of pyridine rings is 1. The van der Waals surface area contributed by atoms with Crippen LogP contribution < -0.4 is 0 Å². The molecule has 6 rings (SSSR count). The van der Waals surface area contributed by atoms with E-state index >= 15 is 0 Å². The quantitative estimate of drug-likeness (QED) is 0.200. The Labute approximate surface area is 223 Å². The number of thiophene rings is 1. The van der Waals surface area contributed by atoms with Gasteiger partial charge in [0.2, 0.25) is 0 Å². The second-order valence-electron chi connectivity index (χ2n) is 9.08. The molecule has 0 atom stereocenters. The number of hydrogen-bond donors (Lipinski definition) is 0. The SMILES string of the molecule is FC(F)(F)c1cc(-c2cccc3c2sc2c(-c4ccc(-c5cccnc5)cc4)cccc23)cc(C(F)(F)F)c1. The molecule has 39 heavy (non-hydrogen) atoms. The zero-order valence-electron chi connectivity index (χ0n) is 19.9. The lowest BCUT2D eigenvalue weighted by Crippen LogP contribution is -2.11. The molecule has 0 unspecified atom stereocenters. The molecule has 0 N–H and O–H groups in total. The molecule has 6 aromatic rings. The third-order valence-electron chi connectivity index (χ3n) is 6.61. The third kappa shape index (κ3) is 4.65. The molecule has 0 aliphatic carbocycles. The first-order chi connectivity index (χ1) is 18.6. The molecule has 0 amide bonds. The molecule has 4 aromatic carbocycles.